The highest BCUT2D eigenvalue weighted by Crippen LogP contribution is 2.39. The van der Waals surface area contributed by atoms with Crippen molar-refractivity contribution in [1.82, 2.24) is 4.90 Å². The van der Waals surface area contributed by atoms with Crippen LogP contribution < -0.4 is 0 Å². The molecule has 0 bridgehead atoms. The van der Waals surface area contributed by atoms with Gasteiger partial charge in [0.1, 0.15) is 11.6 Å². The van der Waals surface area contributed by atoms with Gasteiger partial charge in [0.25, 0.3) is 0 Å². The number of carbonyl (C=O) groups excluding carboxylic acids is 3. The summed E-state index contributed by atoms with van der Waals surface area (Å²) < 4.78 is 10.2. The van der Waals surface area contributed by atoms with E-state index >= 15 is 0 Å². The van der Waals surface area contributed by atoms with Gasteiger partial charge in [-0.2, -0.15) is 0 Å². The molecule has 0 N–H and O–H groups in total. The second-order valence-corrected chi connectivity index (χ2v) is 7.58. The average Bonchev–Trinajstić information content (AvgIpc) is 2.70. The van der Waals surface area contributed by atoms with Crippen LogP contribution in [0, 0.1) is 17.8 Å². The largest absolute Gasteiger partial charge is 0.467 e. The molecule has 0 saturated carbocycles. The van der Waals surface area contributed by atoms with Crippen molar-refractivity contribution in [1.29, 1.82) is 0 Å². The van der Waals surface area contributed by atoms with Crippen LogP contribution >= 0.6 is 0 Å². The fourth-order valence-electron chi connectivity index (χ4n) is 3.12. The Hall–Kier alpha value is -1.85. The summed E-state index contributed by atoms with van der Waals surface area (Å²) >= 11 is 0. The lowest BCUT2D eigenvalue weighted by molar-refractivity contribution is -0.149. The number of likely N-dealkylation sites (tertiary alicyclic amines) is 1. The van der Waals surface area contributed by atoms with Crippen molar-refractivity contribution in [2.75, 3.05) is 7.11 Å². The molecule has 1 heterocycles. The number of esters is 1. The Morgan fingerprint density at radius 3 is 2.33 bits per heavy atom. The zero-order chi connectivity index (χ0) is 18.7. The van der Waals surface area contributed by atoms with Crippen LogP contribution in [0.2, 0.25) is 0 Å². The van der Waals surface area contributed by atoms with E-state index in [-0.39, 0.29) is 11.8 Å². The molecule has 0 unspecified atom stereocenters. The lowest BCUT2D eigenvalue weighted by Gasteiger charge is -2.28. The smallest absolute Gasteiger partial charge is 0.417 e. The number of carbonyl (C=O) groups is 3. The van der Waals surface area contributed by atoms with Gasteiger partial charge in [-0.3, -0.25) is 4.79 Å². The van der Waals surface area contributed by atoms with E-state index in [1.165, 1.54) is 7.11 Å². The summed E-state index contributed by atoms with van der Waals surface area (Å²) in [5, 5.41) is 0. The predicted octanol–water partition coefficient (Wildman–Crippen LogP) is 3.16. The molecule has 24 heavy (non-hydrogen) atoms. The molecule has 1 saturated heterocycles. The van der Waals surface area contributed by atoms with E-state index in [0.29, 0.717) is 12.8 Å². The number of nitrogens with zero attached hydrogens (tertiary/aromatic N) is 1. The Morgan fingerprint density at radius 1 is 1.33 bits per heavy atom. The van der Waals surface area contributed by atoms with E-state index in [0.717, 1.165) is 4.90 Å². The summed E-state index contributed by atoms with van der Waals surface area (Å²) in [7, 11) is 1.26. The normalized spacial score (nSPS) is 24.2. The van der Waals surface area contributed by atoms with Gasteiger partial charge in [0.15, 0.2) is 0 Å². The maximum atomic E-state index is 12.8. The third-order valence-electron chi connectivity index (χ3n) is 3.95. The fourth-order valence-corrected chi connectivity index (χ4v) is 3.12. The summed E-state index contributed by atoms with van der Waals surface area (Å²) in [5.41, 5.74) is -0.762. The third kappa shape index (κ3) is 4.58. The topological polar surface area (TPSA) is 72.9 Å². The van der Waals surface area contributed by atoms with E-state index < -0.39 is 35.5 Å². The number of methoxy groups -OCH3 is 1. The second kappa shape index (κ2) is 7.81. The van der Waals surface area contributed by atoms with Crippen molar-refractivity contribution in [2.45, 2.75) is 59.1 Å². The zero-order valence-electron chi connectivity index (χ0n) is 15.5. The SMILES string of the molecule is C=CC[C@H]1C(=O)N(C(=O)OC(C)(C)C)[C@@H](C(=O)OC)[C@@H]1CC(C)C. The number of rotatable bonds is 5. The average molecular weight is 339 g/mol. The molecule has 2 amide bonds. The maximum absolute atomic E-state index is 12.8. The van der Waals surface area contributed by atoms with Crippen LogP contribution in [0.3, 0.4) is 0 Å². The van der Waals surface area contributed by atoms with Crippen molar-refractivity contribution < 1.29 is 23.9 Å². The number of hydrogen-bond acceptors (Lipinski definition) is 5. The number of ether oxygens (including phenoxy) is 2. The highest BCUT2D eigenvalue weighted by Gasteiger charge is 2.54. The summed E-state index contributed by atoms with van der Waals surface area (Å²) in [4.78, 5) is 38.6. The first kappa shape index (κ1) is 20.2. The number of imide groups is 1. The molecule has 6 nitrogen and oxygen atoms in total. The van der Waals surface area contributed by atoms with E-state index in [1.54, 1.807) is 26.8 Å². The quantitative estimate of drug-likeness (QED) is 0.568. The van der Waals surface area contributed by atoms with Gasteiger partial charge in [0.05, 0.1) is 7.11 Å². The summed E-state index contributed by atoms with van der Waals surface area (Å²) in [6, 6.07) is -0.954. The van der Waals surface area contributed by atoms with Crippen molar-refractivity contribution in [3.05, 3.63) is 12.7 Å². The molecule has 6 heteroatoms. The number of hydrogen-bond donors (Lipinski definition) is 0. The van der Waals surface area contributed by atoms with Crippen LogP contribution in [0.4, 0.5) is 4.79 Å². The molecule has 0 aromatic heterocycles. The first-order valence-corrected chi connectivity index (χ1v) is 8.28. The Morgan fingerprint density at radius 2 is 1.92 bits per heavy atom. The molecule has 1 aliphatic heterocycles. The van der Waals surface area contributed by atoms with Crippen LogP contribution in [-0.2, 0) is 19.1 Å². The first-order valence-electron chi connectivity index (χ1n) is 8.28. The fraction of sp³-hybridized carbons (Fsp3) is 0.722. The first-order chi connectivity index (χ1) is 11.0. The molecule has 0 aromatic rings. The van der Waals surface area contributed by atoms with Gasteiger partial charge < -0.3 is 9.47 Å². The van der Waals surface area contributed by atoms with Gasteiger partial charge in [-0.15, -0.1) is 6.58 Å². The molecule has 3 atom stereocenters. The van der Waals surface area contributed by atoms with Gasteiger partial charge in [-0.1, -0.05) is 19.9 Å². The van der Waals surface area contributed by atoms with Gasteiger partial charge in [0.2, 0.25) is 5.91 Å². The molecule has 1 fully saturated rings. The third-order valence-corrected chi connectivity index (χ3v) is 3.95. The monoisotopic (exact) mass is 339 g/mol. The van der Waals surface area contributed by atoms with Crippen molar-refractivity contribution >= 4 is 18.0 Å². The molecule has 0 aromatic carbocycles. The molecule has 1 aliphatic rings. The molecular formula is C18H29NO5. The number of allylic oxidation sites excluding steroid dienone is 1. The van der Waals surface area contributed by atoms with Crippen molar-refractivity contribution in [2.24, 2.45) is 17.8 Å². The minimum absolute atomic E-state index is 0.265. The lowest BCUT2D eigenvalue weighted by Crippen LogP contribution is -2.47. The standard InChI is InChI=1S/C18H29NO5/c1-8-9-12-13(10-11(2)3)14(16(21)23-7)19(15(12)20)17(22)24-18(4,5)6/h8,11-14H,1,9-10H2,2-7H3/t12-,13-,14-/m1/s1. The predicted molar refractivity (Wildman–Crippen MR) is 90.1 cm³/mol. The van der Waals surface area contributed by atoms with Gasteiger partial charge in [0, 0.05) is 11.8 Å². The Kier molecular flexibility index (Phi) is 6.58. The highest BCUT2D eigenvalue weighted by atomic mass is 16.6. The van der Waals surface area contributed by atoms with Crippen LogP contribution in [0.15, 0.2) is 12.7 Å². The van der Waals surface area contributed by atoms with Crippen molar-refractivity contribution in [3.8, 4) is 0 Å². The van der Waals surface area contributed by atoms with Crippen LogP contribution in [0.25, 0.3) is 0 Å². The Bertz CT molecular complexity index is 506. The minimum atomic E-state index is -0.954. The molecule has 0 spiro atoms. The minimum Gasteiger partial charge on any atom is -0.467 e. The molecule has 136 valence electrons. The molecular weight excluding hydrogens is 310 g/mol. The van der Waals surface area contributed by atoms with Gasteiger partial charge in [-0.25, -0.2) is 14.5 Å². The van der Waals surface area contributed by atoms with E-state index in [9.17, 15) is 14.4 Å². The summed E-state index contributed by atoms with van der Waals surface area (Å²) in [6.07, 6.45) is 1.87. The van der Waals surface area contributed by atoms with E-state index in [2.05, 4.69) is 6.58 Å². The molecule has 1 rings (SSSR count). The van der Waals surface area contributed by atoms with Crippen LogP contribution in [-0.4, -0.2) is 41.6 Å². The van der Waals surface area contributed by atoms with Crippen molar-refractivity contribution in [3.63, 3.8) is 0 Å². The lowest BCUT2D eigenvalue weighted by atomic mass is 9.82. The van der Waals surface area contributed by atoms with Gasteiger partial charge in [-0.05, 0) is 39.5 Å². The van der Waals surface area contributed by atoms with Crippen LogP contribution in [0.5, 0.6) is 0 Å². The Balaban J connectivity index is 3.27. The highest BCUT2D eigenvalue weighted by molar-refractivity contribution is 6.01. The van der Waals surface area contributed by atoms with Gasteiger partial charge >= 0.3 is 12.1 Å². The van der Waals surface area contributed by atoms with Crippen LogP contribution in [0.1, 0.15) is 47.5 Å². The zero-order valence-corrected chi connectivity index (χ0v) is 15.5. The summed E-state index contributed by atoms with van der Waals surface area (Å²) in [5.74, 6) is -1.51. The van der Waals surface area contributed by atoms with E-state index in [4.69, 9.17) is 9.47 Å². The van der Waals surface area contributed by atoms with E-state index in [1.807, 2.05) is 13.8 Å². The molecule has 0 aliphatic carbocycles. The summed E-state index contributed by atoms with van der Waals surface area (Å²) in [6.45, 7) is 12.9. The maximum Gasteiger partial charge on any atom is 0.417 e. The Labute approximate surface area is 144 Å². The second-order valence-electron chi connectivity index (χ2n) is 7.58. The number of amides is 2. The molecule has 0 radical (unpaired) electrons.